The van der Waals surface area contributed by atoms with E-state index in [1.54, 1.807) is 10.6 Å². The van der Waals surface area contributed by atoms with Crippen LogP contribution in [0.15, 0.2) is 35.1 Å². The summed E-state index contributed by atoms with van der Waals surface area (Å²) < 4.78 is 38.9. The predicted molar refractivity (Wildman–Crippen MR) is 148 cm³/mol. The van der Waals surface area contributed by atoms with Gasteiger partial charge in [0, 0.05) is 37.3 Å². The number of aromatic nitrogens is 1. The molecule has 9 nitrogen and oxygen atoms in total. The number of hydrogen-bond donors (Lipinski definition) is 2. The number of halogens is 3. The quantitative estimate of drug-likeness (QED) is 0.515. The number of rotatable bonds is 7. The molecule has 226 valence electrons. The minimum absolute atomic E-state index is 0.0123. The monoisotopic (exact) mass is 580 g/mol. The minimum Gasteiger partial charge on any atom is -0.475 e. The maximum Gasteiger partial charge on any atom is 0.490 e. The minimum atomic E-state index is -5.08. The molecule has 1 aromatic carbocycles. The molecule has 3 aliphatic heterocycles. The number of aliphatic carboxylic acids is 1. The van der Waals surface area contributed by atoms with Gasteiger partial charge in [-0.05, 0) is 76.6 Å². The van der Waals surface area contributed by atoms with Crippen molar-refractivity contribution in [3.63, 3.8) is 0 Å². The number of alkyl halides is 3. The average Bonchev–Trinajstić information content (AvgIpc) is 3.15. The van der Waals surface area contributed by atoms with E-state index in [-0.39, 0.29) is 29.1 Å². The molecule has 1 unspecified atom stereocenters. The van der Waals surface area contributed by atoms with Gasteiger partial charge in [-0.25, -0.2) is 4.79 Å². The van der Waals surface area contributed by atoms with Gasteiger partial charge in [0.1, 0.15) is 5.56 Å². The Kier molecular flexibility index (Phi) is 10.1. The molecule has 3 saturated heterocycles. The van der Waals surface area contributed by atoms with Crippen molar-refractivity contribution < 1.29 is 32.6 Å². The van der Waals surface area contributed by atoms with Crippen LogP contribution >= 0.6 is 0 Å². The molecule has 2 N–H and O–H groups in total. The van der Waals surface area contributed by atoms with Crippen molar-refractivity contribution in [2.45, 2.75) is 76.3 Å². The Balaban J connectivity index is 0.000000493. The number of ether oxygens (including phenoxy) is 1. The van der Waals surface area contributed by atoms with Crippen molar-refractivity contribution in [1.82, 2.24) is 19.7 Å². The third-order valence-electron chi connectivity index (χ3n) is 8.16. The summed E-state index contributed by atoms with van der Waals surface area (Å²) >= 11 is 0. The Morgan fingerprint density at radius 1 is 1.07 bits per heavy atom. The van der Waals surface area contributed by atoms with Crippen LogP contribution in [0.1, 0.15) is 62.4 Å². The average molecular weight is 581 g/mol. The summed E-state index contributed by atoms with van der Waals surface area (Å²) in [5.41, 5.74) is 0.935. The first-order valence-corrected chi connectivity index (χ1v) is 14.3. The summed E-state index contributed by atoms with van der Waals surface area (Å²) in [5, 5.41) is 11.3. The van der Waals surface area contributed by atoms with Crippen molar-refractivity contribution >= 4 is 22.8 Å². The molecule has 1 amide bonds. The van der Waals surface area contributed by atoms with Crippen LogP contribution in [0.5, 0.6) is 0 Å². The molecule has 4 heterocycles. The molecule has 12 heteroatoms. The highest BCUT2D eigenvalue weighted by Crippen LogP contribution is 2.36. The lowest BCUT2D eigenvalue weighted by atomic mass is 9.96. The number of para-hydroxylation sites is 1. The standard InChI is InChI=1S/C27H38N4O3.C2HF3O2/c1-19(2)31-25-7-4-3-6-20(25)16-24(27(31)33)26(32)28-21-17-22-8-9-23(18-21)30(22)11-5-10-29-12-14-34-15-13-29;3-2(4,5)1(6)7/h3-4,6-7,16,19,21-23H,5,8-15,17-18H2,1-2H3,(H,28,32);(H,6,7)/t21?,22-,23+;. The van der Waals surface area contributed by atoms with E-state index >= 15 is 0 Å². The number of pyridine rings is 1. The number of piperidine rings is 1. The fourth-order valence-electron chi connectivity index (χ4n) is 6.28. The van der Waals surface area contributed by atoms with Gasteiger partial charge in [0.25, 0.3) is 11.5 Å². The van der Waals surface area contributed by atoms with E-state index in [4.69, 9.17) is 14.6 Å². The fraction of sp³-hybridized carbons (Fsp3) is 0.621. The Morgan fingerprint density at radius 3 is 2.27 bits per heavy atom. The number of carboxylic acid groups (broad SMARTS) is 1. The Hall–Kier alpha value is -2.96. The van der Waals surface area contributed by atoms with Gasteiger partial charge in [-0.3, -0.25) is 19.4 Å². The Labute approximate surface area is 237 Å². The van der Waals surface area contributed by atoms with Gasteiger partial charge in [-0.1, -0.05) is 18.2 Å². The molecule has 0 radical (unpaired) electrons. The number of nitrogens with one attached hydrogen (secondary N) is 1. The molecule has 5 rings (SSSR count). The smallest absolute Gasteiger partial charge is 0.475 e. The lowest BCUT2D eigenvalue weighted by molar-refractivity contribution is -0.192. The molecular formula is C29H39F3N4O5. The summed E-state index contributed by atoms with van der Waals surface area (Å²) in [5.74, 6) is -2.98. The third kappa shape index (κ3) is 7.66. The second kappa shape index (κ2) is 13.3. The van der Waals surface area contributed by atoms with Crippen LogP contribution in [0.2, 0.25) is 0 Å². The van der Waals surface area contributed by atoms with Crippen LogP contribution in [0.25, 0.3) is 10.9 Å². The largest absolute Gasteiger partial charge is 0.490 e. The van der Waals surface area contributed by atoms with E-state index in [2.05, 4.69) is 15.1 Å². The number of morpholine rings is 1. The number of fused-ring (bicyclic) bond motifs is 3. The van der Waals surface area contributed by atoms with Crippen molar-refractivity contribution in [3.8, 4) is 0 Å². The molecule has 2 bridgehead atoms. The van der Waals surface area contributed by atoms with Crippen molar-refractivity contribution in [3.05, 3.63) is 46.2 Å². The summed E-state index contributed by atoms with van der Waals surface area (Å²) in [7, 11) is 0. The van der Waals surface area contributed by atoms with Gasteiger partial charge in [0.2, 0.25) is 0 Å². The van der Waals surface area contributed by atoms with E-state index in [0.29, 0.717) is 12.1 Å². The summed E-state index contributed by atoms with van der Waals surface area (Å²) in [6.07, 6.45) is 0.489. The van der Waals surface area contributed by atoms with Gasteiger partial charge in [0.15, 0.2) is 0 Å². The molecule has 3 fully saturated rings. The van der Waals surface area contributed by atoms with Gasteiger partial charge in [-0.15, -0.1) is 0 Å². The van der Waals surface area contributed by atoms with Crippen LogP contribution in [-0.2, 0) is 9.53 Å². The maximum absolute atomic E-state index is 13.3. The summed E-state index contributed by atoms with van der Waals surface area (Å²) in [4.78, 5) is 40.6. The van der Waals surface area contributed by atoms with Gasteiger partial charge < -0.3 is 19.7 Å². The molecule has 0 spiro atoms. The first-order chi connectivity index (χ1) is 19.5. The van der Waals surface area contributed by atoms with Crippen LogP contribution in [0.4, 0.5) is 13.2 Å². The summed E-state index contributed by atoms with van der Waals surface area (Å²) in [6, 6.07) is 10.8. The molecule has 1 aromatic heterocycles. The van der Waals surface area contributed by atoms with Crippen molar-refractivity contribution in [2.24, 2.45) is 0 Å². The highest BCUT2D eigenvalue weighted by molar-refractivity contribution is 5.97. The van der Waals surface area contributed by atoms with Crippen molar-refractivity contribution in [2.75, 3.05) is 39.4 Å². The van der Waals surface area contributed by atoms with E-state index in [1.807, 2.05) is 38.1 Å². The Morgan fingerprint density at radius 2 is 1.68 bits per heavy atom. The topological polar surface area (TPSA) is 104 Å². The maximum atomic E-state index is 13.3. The van der Waals surface area contributed by atoms with Crippen LogP contribution in [0.3, 0.4) is 0 Å². The molecule has 0 aliphatic carbocycles. The molecular weight excluding hydrogens is 541 g/mol. The van der Waals surface area contributed by atoms with E-state index in [1.165, 1.54) is 19.3 Å². The fourth-order valence-corrected chi connectivity index (χ4v) is 6.28. The lowest BCUT2D eigenvalue weighted by Gasteiger charge is -2.39. The predicted octanol–water partition coefficient (Wildman–Crippen LogP) is 3.66. The molecule has 41 heavy (non-hydrogen) atoms. The summed E-state index contributed by atoms with van der Waals surface area (Å²) in [6.45, 7) is 10.1. The first-order valence-electron chi connectivity index (χ1n) is 14.3. The molecule has 2 aromatic rings. The lowest BCUT2D eigenvalue weighted by Crippen LogP contribution is -2.51. The van der Waals surface area contributed by atoms with Gasteiger partial charge in [0.05, 0.1) is 18.7 Å². The number of hydrogen-bond acceptors (Lipinski definition) is 6. The number of carboxylic acids is 1. The SMILES string of the molecule is CC(C)n1c(=O)c(C(=O)NC2C[C@H]3CC[C@@H](C2)N3CCCN2CCOCC2)cc2ccccc21.O=C(O)C(F)(F)F. The second-order valence-corrected chi connectivity index (χ2v) is 11.3. The number of carbonyl (C=O) groups excluding carboxylic acids is 1. The first kappa shape index (κ1) is 31.0. The van der Waals surface area contributed by atoms with E-state index in [9.17, 15) is 22.8 Å². The number of amides is 1. The third-order valence-corrected chi connectivity index (χ3v) is 8.16. The van der Waals surface area contributed by atoms with Gasteiger partial charge in [-0.2, -0.15) is 13.2 Å². The molecule has 3 aliphatic rings. The van der Waals surface area contributed by atoms with E-state index < -0.39 is 12.1 Å². The number of benzene rings is 1. The molecule has 0 saturated carbocycles. The number of nitrogens with zero attached hydrogens (tertiary/aromatic N) is 3. The Bertz CT molecular complexity index is 1260. The van der Waals surface area contributed by atoms with Gasteiger partial charge >= 0.3 is 12.1 Å². The normalized spacial score (nSPS) is 23.3. The number of carbonyl (C=O) groups is 2. The molecule has 3 atom stereocenters. The van der Waals surface area contributed by atoms with Crippen LogP contribution in [0, 0.1) is 0 Å². The van der Waals surface area contributed by atoms with Crippen LogP contribution < -0.4 is 10.9 Å². The van der Waals surface area contributed by atoms with Crippen molar-refractivity contribution in [1.29, 1.82) is 0 Å². The highest BCUT2D eigenvalue weighted by atomic mass is 19.4. The zero-order valence-electron chi connectivity index (χ0n) is 23.5. The zero-order valence-corrected chi connectivity index (χ0v) is 23.5. The second-order valence-electron chi connectivity index (χ2n) is 11.3. The van der Waals surface area contributed by atoms with Crippen LogP contribution in [-0.4, -0.2) is 95.0 Å². The zero-order chi connectivity index (χ0) is 29.7. The van der Waals surface area contributed by atoms with E-state index in [0.717, 1.165) is 63.1 Å². The highest BCUT2D eigenvalue weighted by Gasteiger charge is 2.41.